The van der Waals surface area contributed by atoms with Crippen molar-refractivity contribution in [1.82, 2.24) is 0 Å². The van der Waals surface area contributed by atoms with Crippen molar-refractivity contribution < 1.29 is 5.11 Å². The summed E-state index contributed by atoms with van der Waals surface area (Å²) in [5.74, 6) is 1.03. The van der Waals surface area contributed by atoms with Gasteiger partial charge in [0.1, 0.15) is 5.75 Å². The van der Waals surface area contributed by atoms with Crippen molar-refractivity contribution in [3.63, 3.8) is 0 Å². The molecule has 1 nitrogen and oxygen atoms in total. The van der Waals surface area contributed by atoms with Crippen LogP contribution >= 0.6 is 0 Å². The maximum Gasteiger partial charge on any atom is 0.123 e. The number of hydrogen-bond donors (Lipinski definition) is 1. The average Bonchev–Trinajstić information content (AvgIpc) is 2.17. The van der Waals surface area contributed by atoms with E-state index in [1.807, 2.05) is 18.2 Å². The molecule has 78 valence electrons. The van der Waals surface area contributed by atoms with Crippen LogP contribution in [0.4, 0.5) is 0 Å². The molecule has 0 aliphatic heterocycles. The van der Waals surface area contributed by atoms with Crippen molar-refractivity contribution in [3.8, 4) is 5.75 Å². The Morgan fingerprint density at radius 2 is 1.93 bits per heavy atom. The Morgan fingerprint density at radius 1 is 1.13 bits per heavy atom. The summed E-state index contributed by atoms with van der Waals surface area (Å²) in [4.78, 5) is 0. The first-order valence-electron chi connectivity index (χ1n) is 5.37. The molecule has 0 spiro atoms. The predicted octanol–water partition coefficient (Wildman–Crippen LogP) is 3.74. The first kappa shape index (κ1) is 10.0. The Hall–Kier alpha value is -1.50. The fraction of sp³-hybridized carbons (Fsp3) is 0.286. The zero-order valence-corrected chi connectivity index (χ0v) is 9.20. The third-order valence-electron chi connectivity index (χ3n) is 2.57. The molecule has 1 N–H and O–H groups in total. The van der Waals surface area contributed by atoms with Crippen molar-refractivity contribution >= 4 is 10.8 Å². The first-order chi connectivity index (χ1) is 7.16. The number of rotatable bonds is 2. The van der Waals surface area contributed by atoms with E-state index in [2.05, 4.69) is 26.0 Å². The molecule has 0 saturated heterocycles. The highest BCUT2D eigenvalue weighted by molar-refractivity contribution is 5.88. The van der Waals surface area contributed by atoms with Gasteiger partial charge in [0.2, 0.25) is 0 Å². The van der Waals surface area contributed by atoms with E-state index in [0.29, 0.717) is 11.7 Å². The molecule has 0 heterocycles. The SMILES string of the molecule is CC(C)Cc1ccc2c(O)cccc2c1. The van der Waals surface area contributed by atoms with Crippen LogP contribution in [0.15, 0.2) is 36.4 Å². The van der Waals surface area contributed by atoms with Crippen molar-refractivity contribution in [3.05, 3.63) is 42.0 Å². The molecule has 0 aliphatic rings. The highest BCUT2D eigenvalue weighted by Crippen LogP contribution is 2.25. The maximum atomic E-state index is 9.64. The molecule has 0 bridgehead atoms. The summed E-state index contributed by atoms with van der Waals surface area (Å²) in [5.41, 5.74) is 1.34. The highest BCUT2D eigenvalue weighted by atomic mass is 16.3. The maximum absolute atomic E-state index is 9.64. The summed E-state index contributed by atoms with van der Waals surface area (Å²) in [6.07, 6.45) is 1.09. The van der Waals surface area contributed by atoms with Crippen molar-refractivity contribution in [2.75, 3.05) is 0 Å². The summed E-state index contributed by atoms with van der Waals surface area (Å²) in [6.45, 7) is 4.43. The fourth-order valence-corrected chi connectivity index (χ4v) is 1.91. The molecule has 0 amide bonds. The van der Waals surface area contributed by atoms with Gasteiger partial charge in [0, 0.05) is 5.39 Å². The van der Waals surface area contributed by atoms with Crippen LogP contribution in [0.1, 0.15) is 19.4 Å². The summed E-state index contributed by atoms with van der Waals surface area (Å²) < 4.78 is 0. The number of hydrogen-bond acceptors (Lipinski definition) is 1. The number of aromatic hydroxyl groups is 1. The van der Waals surface area contributed by atoms with Gasteiger partial charge in [-0.15, -0.1) is 0 Å². The van der Waals surface area contributed by atoms with Crippen LogP contribution in [0.3, 0.4) is 0 Å². The van der Waals surface area contributed by atoms with E-state index in [1.165, 1.54) is 5.56 Å². The van der Waals surface area contributed by atoms with Gasteiger partial charge in [0.05, 0.1) is 0 Å². The molecule has 2 aromatic carbocycles. The average molecular weight is 200 g/mol. The van der Waals surface area contributed by atoms with Crippen molar-refractivity contribution in [2.45, 2.75) is 20.3 Å². The monoisotopic (exact) mass is 200 g/mol. The minimum atomic E-state index is 0.364. The van der Waals surface area contributed by atoms with E-state index < -0.39 is 0 Å². The fourth-order valence-electron chi connectivity index (χ4n) is 1.91. The van der Waals surface area contributed by atoms with Gasteiger partial charge in [-0.25, -0.2) is 0 Å². The molecule has 0 aliphatic carbocycles. The van der Waals surface area contributed by atoms with Gasteiger partial charge in [-0.3, -0.25) is 0 Å². The molecule has 1 heteroatoms. The number of benzene rings is 2. The smallest absolute Gasteiger partial charge is 0.123 e. The summed E-state index contributed by atoms with van der Waals surface area (Å²) >= 11 is 0. The van der Waals surface area contributed by atoms with E-state index in [4.69, 9.17) is 0 Å². The molecule has 0 saturated carbocycles. The van der Waals surface area contributed by atoms with Crippen molar-refractivity contribution in [1.29, 1.82) is 0 Å². The summed E-state index contributed by atoms with van der Waals surface area (Å²) in [5, 5.41) is 11.7. The Labute approximate surface area is 90.4 Å². The Balaban J connectivity index is 2.48. The lowest BCUT2D eigenvalue weighted by atomic mass is 9.99. The quantitative estimate of drug-likeness (QED) is 0.782. The minimum Gasteiger partial charge on any atom is -0.507 e. The second kappa shape index (κ2) is 3.93. The molecule has 2 rings (SSSR count). The van der Waals surface area contributed by atoms with E-state index in [9.17, 15) is 5.11 Å². The van der Waals surface area contributed by atoms with Gasteiger partial charge in [-0.2, -0.15) is 0 Å². The molecule has 0 aromatic heterocycles. The molecular formula is C14H16O. The lowest BCUT2D eigenvalue weighted by Gasteiger charge is -2.07. The summed E-state index contributed by atoms with van der Waals surface area (Å²) in [6, 6.07) is 11.9. The largest absolute Gasteiger partial charge is 0.507 e. The Morgan fingerprint density at radius 3 is 2.67 bits per heavy atom. The topological polar surface area (TPSA) is 20.2 Å². The number of phenolic OH excluding ortho intramolecular Hbond substituents is 1. The molecule has 0 unspecified atom stereocenters. The van der Waals surface area contributed by atoms with Crippen LogP contribution < -0.4 is 0 Å². The van der Waals surface area contributed by atoms with Crippen molar-refractivity contribution in [2.24, 2.45) is 5.92 Å². The Kier molecular flexibility index (Phi) is 2.63. The third-order valence-corrected chi connectivity index (χ3v) is 2.57. The highest BCUT2D eigenvalue weighted by Gasteiger charge is 2.01. The molecule has 0 radical (unpaired) electrons. The predicted molar refractivity (Wildman–Crippen MR) is 64.2 cm³/mol. The van der Waals surface area contributed by atoms with Crippen LogP contribution in [-0.4, -0.2) is 5.11 Å². The van der Waals surface area contributed by atoms with Gasteiger partial charge in [-0.05, 0) is 29.4 Å². The van der Waals surface area contributed by atoms with Crippen LogP contribution in [-0.2, 0) is 6.42 Å². The van der Waals surface area contributed by atoms with Gasteiger partial charge < -0.3 is 5.11 Å². The third kappa shape index (κ3) is 2.12. The molecular weight excluding hydrogens is 184 g/mol. The normalized spacial score (nSPS) is 11.1. The van der Waals surface area contributed by atoms with E-state index in [1.54, 1.807) is 6.07 Å². The molecule has 0 fully saturated rings. The van der Waals surface area contributed by atoms with E-state index in [-0.39, 0.29) is 0 Å². The number of fused-ring (bicyclic) bond motifs is 1. The first-order valence-corrected chi connectivity index (χ1v) is 5.37. The van der Waals surface area contributed by atoms with E-state index >= 15 is 0 Å². The van der Waals surface area contributed by atoms with E-state index in [0.717, 1.165) is 17.2 Å². The lowest BCUT2D eigenvalue weighted by Crippen LogP contribution is -1.93. The standard InChI is InChI=1S/C14H16O/c1-10(2)8-11-6-7-13-12(9-11)4-3-5-14(13)15/h3-7,9-10,15H,8H2,1-2H3. The van der Waals surface area contributed by atoms with Crippen LogP contribution in [0.2, 0.25) is 0 Å². The van der Waals surface area contributed by atoms with Gasteiger partial charge in [0.25, 0.3) is 0 Å². The lowest BCUT2D eigenvalue weighted by molar-refractivity contribution is 0.481. The van der Waals surface area contributed by atoms with Crippen LogP contribution in [0.25, 0.3) is 10.8 Å². The zero-order valence-electron chi connectivity index (χ0n) is 9.20. The zero-order chi connectivity index (χ0) is 10.8. The molecule has 2 aromatic rings. The summed E-state index contributed by atoms with van der Waals surface area (Å²) in [7, 11) is 0. The molecule has 0 atom stereocenters. The minimum absolute atomic E-state index is 0.364. The van der Waals surface area contributed by atoms with Crippen LogP contribution in [0.5, 0.6) is 5.75 Å². The van der Waals surface area contributed by atoms with Gasteiger partial charge >= 0.3 is 0 Å². The number of phenols is 1. The second-order valence-electron chi connectivity index (χ2n) is 4.43. The van der Waals surface area contributed by atoms with Crippen LogP contribution in [0, 0.1) is 5.92 Å². The second-order valence-corrected chi connectivity index (χ2v) is 4.43. The van der Waals surface area contributed by atoms with Gasteiger partial charge in [-0.1, -0.05) is 44.2 Å². The Bertz CT molecular complexity index is 472. The molecule has 15 heavy (non-hydrogen) atoms. The van der Waals surface area contributed by atoms with Gasteiger partial charge in [0.15, 0.2) is 0 Å².